The topological polar surface area (TPSA) is 129 Å². The van der Waals surface area contributed by atoms with Crippen molar-refractivity contribution in [2.24, 2.45) is 5.73 Å². The van der Waals surface area contributed by atoms with Crippen LogP contribution in [-0.4, -0.2) is 33.0 Å². The smallest absolute Gasteiger partial charge is 0.323 e. The van der Waals surface area contributed by atoms with Crippen molar-refractivity contribution in [3.63, 3.8) is 0 Å². The van der Waals surface area contributed by atoms with Crippen LogP contribution in [-0.2, 0) is 4.79 Å². The molecule has 5 N–H and O–H groups in total. The molecule has 17 heavy (non-hydrogen) atoms. The quantitative estimate of drug-likeness (QED) is 0.634. The highest BCUT2D eigenvalue weighted by Crippen LogP contribution is 2.11. The van der Waals surface area contributed by atoms with Gasteiger partial charge >= 0.3 is 6.01 Å². The Morgan fingerprint density at radius 1 is 1.29 bits per heavy atom. The first-order valence-electron chi connectivity index (χ1n) is 5.12. The molecule has 0 aliphatic rings. The molecule has 8 nitrogen and oxygen atoms in total. The minimum Gasteiger partial charge on any atom is -0.461 e. The molecule has 0 aliphatic carbocycles. The normalized spacial score (nSPS) is 12.2. The van der Waals surface area contributed by atoms with Crippen LogP contribution in [0.1, 0.15) is 20.8 Å². The number of amides is 1. The number of hydrogen-bond donors (Lipinski definition) is 3. The molecule has 8 heteroatoms. The van der Waals surface area contributed by atoms with E-state index in [0.29, 0.717) is 0 Å². The molecule has 1 aromatic heterocycles. The van der Waals surface area contributed by atoms with Crippen molar-refractivity contribution in [1.29, 1.82) is 0 Å². The molecule has 0 spiro atoms. The summed E-state index contributed by atoms with van der Waals surface area (Å²) in [4.78, 5) is 22.5. The van der Waals surface area contributed by atoms with Gasteiger partial charge in [0.25, 0.3) is 0 Å². The monoisotopic (exact) mass is 240 g/mol. The first-order valence-corrected chi connectivity index (χ1v) is 5.12. The van der Waals surface area contributed by atoms with E-state index in [0.717, 1.165) is 0 Å². The lowest BCUT2D eigenvalue weighted by atomic mass is 10.3. The Kier molecular flexibility index (Phi) is 4.02. The highest BCUT2D eigenvalue weighted by molar-refractivity contribution is 5.81. The second-order valence-electron chi connectivity index (χ2n) is 3.73. The number of rotatable bonds is 5. The maximum absolute atomic E-state index is 10.9. The molecule has 94 valence electrons. The van der Waals surface area contributed by atoms with Gasteiger partial charge in [-0.15, -0.1) is 0 Å². The summed E-state index contributed by atoms with van der Waals surface area (Å²) in [6, 6.07) is -0.504. The molecule has 0 aromatic carbocycles. The summed E-state index contributed by atoms with van der Waals surface area (Å²) in [6.07, 6.45) is -0.0850. The molecular weight excluding hydrogens is 224 g/mol. The summed E-state index contributed by atoms with van der Waals surface area (Å²) < 4.78 is 5.28. The van der Waals surface area contributed by atoms with E-state index >= 15 is 0 Å². The fraction of sp³-hybridized carbons (Fsp3) is 0.556. The molecule has 1 unspecified atom stereocenters. The molecule has 0 aliphatic heterocycles. The third-order valence-corrected chi connectivity index (χ3v) is 1.75. The van der Waals surface area contributed by atoms with Crippen LogP contribution in [0, 0.1) is 0 Å². The van der Waals surface area contributed by atoms with Crippen molar-refractivity contribution < 1.29 is 9.53 Å². The molecule has 0 saturated carbocycles. The number of aromatic nitrogens is 3. The maximum atomic E-state index is 10.9. The molecule has 1 aromatic rings. The van der Waals surface area contributed by atoms with Gasteiger partial charge in [0.2, 0.25) is 17.8 Å². The van der Waals surface area contributed by atoms with Crippen molar-refractivity contribution in [2.75, 3.05) is 11.1 Å². The fourth-order valence-electron chi connectivity index (χ4n) is 0.965. The molecule has 0 radical (unpaired) electrons. The Hall–Kier alpha value is -2.12. The van der Waals surface area contributed by atoms with E-state index in [1.54, 1.807) is 6.92 Å². The largest absolute Gasteiger partial charge is 0.461 e. The predicted octanol–water partition coefficient (Wildman–Crippen LogP) is -0.473. The van der Waals surface area contributed by atoms with Crippen LogP contribution in [0.5, 0.6) is 6.01 Å². The number of nitrogens with two attached hydrogens (primary N) is 2. The van der Waals surface area contributed by atoms with Crippen molar-refractivity contribution in [3.05, 3.63) is 0 Å². The van der Waals surface area contributed by atoms with Gasteiger partial charge in [0.1, 0.15) is 6.04 Å². The van der Waals surface area contributed by atoms with E-state index in [2.05, 4.69) is 20.3 Å². The molecule has 0 bridgehead atoms. The molecule has 1 atom stereocenters. The fourth-order valence-corrected chi connectivity index (χ4v) is 0.965. The second-order valence-corrected chi connectivity index (χ2v) is 3.73. The van der Waals surface area contributed by atoms with Gasteiger partial charge in [-0.2, -0.15) is 15.0 Å². The van der Waals surface area contributed by atoms with Crippen molar-refractivity contribution >= 4 is 17.8 Å². The van der Waals surface area contributed by atoms with Gasteiger partial charge in [-0.25, -0.2) is 0 Å². The summed E-state index contributed by atoms with van der Waals surface area (Å²) in [5, 5.41) is 2.70. The van der Waals surface area contributed by atoms with Crippen molar-refractivity contribution in [1.82, 2.24) is 15.0 Å². The molecule has 1 amide bonds. The van der Waals surface area contributed by atoms with Crippen LogP contribution >= 0.6 is 0 Å². The van der Waals surface area contributed by atoms with Crippen LogP contribution in [0.4, 0.5) is 11.9 Å². The number of ether oxygens (including phenoxy) is 1. The van der Waals surface area contributed by atoms with Gasteiger partial charge in [-0.1, -0.05) is 0 Å². The maximum Gasteiger partial charge on any atom is 0.323 e. The Bertz CT molecular complexity index is 408. The molecule has 0 saturated heterocycles. The lowest BCUT2D eigenvalue weighted by molar-refractivity contribution is -0.118. The number of nitrogens with zero attached hydrogens (tertiary/aromatic N) is 3. The third-order valence-electron chi connectivity index (χ3n) is 1.75. The SMILES string of the molecule is CC(C)Oc1nc(N)nc(NC(C)C(N)=O)n1. The number of hydrogen-bond acceptors (Lipinski definition) is 7. The Labute approximate surface area is 98.8 Å². The molecule has 1 rings (SSSR count). The molecule has 0 fully saturated rings. The molecular formula is C9H16N6O2. The van der Waals surface area contributed by atoms with Crippen LogP contribution in [0.15, 0.2) is 0 Å². The molecule has 1 heterocycles. The number of primary amides is 1. The van der Waals surface area contributed by atoms with Gasteiger partial charge in [0.15, 0.2) is 0 Å². The van der Waals surface area contributed by atoms with Gasteiger partial charge in [-0.05, 0) is 20.8 Å². The van der Waals surface area contributed by atoms with E-state index in [9.17, 15) is 4.79 Å². The lowest BCUT2D eigenvalue weighted by Crippen LogP contribution is -2.33. The summed E-state index contributed by atoms with van der Waals surface area (Å²) >= 11 is 0. The summed E-state index contributed by atoms with van der Waals surface area (Å²) in [7, 11) is 0. The van der Waals surface area contributed by atoms with Gasteiger partial charge in [0, 0.05) is 0 Å². The lowest BCUT2D eigenvalue weighted by Gasteiger charge is -2.12. The second kappa shape index (κ2) is 5.28. The standard InChI is InChI=1S/C9H16N6O2/c1-4(2)17-9-14-7(11)13-8(15-9)12-5(3)6(10)16/h4-5H,1-3H3,(H2,10,16)(H3,11,12,13,14,15). The average molecular weight is 240 g/mol. The number of carbonyl (C=O) groups is 1. The number of carbonyl (C=O) groups excluding carboxylic acids is 1. The van der Waals surface area contributed by atoms with Crippen LogP contribution < -0.4 is 21.5 Å². The average Bonchev–Trinajstić information content (AvgIpc) is 2.14. The van der Waals surface area contributed by atoms with Gasteiger partial charge in [0.05, 0.1) is 6.10 Å². The van der Waals surface area contributed by atoms with Crippen LogP contribution in [0.25, 0.3) is 0 Å². The highest BCUT2D eigenvalue weighted by Gasteiger charge is 2.12. The Morgan fingerprint density at radius 3 is 2.47 bits per heavy atom. The zero-order chi connectivity index (χ0) is 13.0. The number of anilines is 2. The first kappa shape index (κ1) is 12.9. The minimum absolute atomic E-state index is 0.00909. The van der Waals surface area contributed by atoms with Gasteiger partial charge < -0.3 is 21.5 Å². The summed E-state index contributed by atoms with van der Waals surface area (Å²) in [5.41, 5.74) is 10.6. The van der Waals surface area contributed by atoms with Crippen molar-refractivity contribution in [2.45, 2.75) is 32.9 Å². The summed E-state index contributed by atoms with van der Waals surface area (Å²) in [5.74, 6) is -0.357. The number of nitrogens with one attached hydrogen (secondary N) is 1. The number of nitrogen functional groups attached to an aromatic ring is 1. The zero-order valence-electron chi connectivity index (χ0n) is 9.97. The Balaban J connectivity index is 2.85. The van der Waals surface area contributed by atoms with E-state index in [1.807, 2.05) is 13.8 Å². The van der Waals surface area contributed by atoms with Crippen molar-refractivity contribution in [3.8, 4) is 6.01 Å². The van der Waals surface area contributed by atoms with E-state index < -0.39 is 11.9 Å². The van der Waals surface area contributed by atoms with E-state index in [1.165, 1.54) is 0 Å². The third kappa shape index (κ3) is 4.09. The van der Waals surface area contributed by atoms with Crippen LogP contribution in [0.3, 0.4) is 0 Å². The van der Waals surface area contributed by atoms with Crippen LogP contribution in [0.2, 0.25) is 0 Å². The van der Waals surface area contributed by atoms with Gasteiger partial charge in [-0.3, -0.25) is 4.79 Å². The summed E-state index contributed by atoms with van der Waals surface area (Å²) in [6.45, 7) is 5.25. The predicted molar refractivity (Wildman–Crippen MR) is 62.3 cm³/mol. The highest BCUT2D eigenvalue weighted by atomic mass is 16.5. The Morgan fingerprint density at radius 2 is 1.94 bits per heavy atom. The minimum atomic E-state index is -0.608. The van der Waals surface area contributed by atoms with E-state index in [4.69, 9.17) is 16.2 Å². The van der Waals surface area contributed by atoms with E-state index in [-0.39, 0.29) is 24.0 Å². The zero-order valence-corrected chi connectivity index (χ0v) is 9.97. The first-order chi connectivity index (χ1) is 7.88.